The number of aliphatic hydroxyl groups is 1. The molecule has 1 fully saturated rings. The molecule has 0 aromatic carbocycles. The van der Waals surface area contributed by atoms with E-state index in [9.17, 15) is 5.11 Å². The van der Waals surface area contributed by atoms with Crippen molar-refractivity contribution < 1.29 is 5.11 Å². The summed E-state index contributed by atoms with van der Waals surface area (Å²) < 4.78 is 0. The Balaban J connectivity index is 2.53. The van der Waals surface area contributed by atoms with Crippen LogP contribution in [0.2, 0.25) is 0 Å². The molecule has 14 heavy (non-hydrogen) atoms. The average Bonchev–Trinajstić information content (AvgIpc) is 2.26. The summed E-state index contributed by atoms with van der Waals surface area (Å²) >= 11 is 0. The molecule has 1 aliphatic rings. The van der Waals surface area contributed by atoms with Crippen LogP contribution in [0.4, 0.5) is 0 Å². The van der Waals surface area contributed by atoms with Gasteiger partial charge in [-0.05, 0) is 18.4 Å². The van der Waals surface area contributed by atoms with Crippen molar-refractivity contribution in [2.24, 2.45) is 11.8 Å². The maximum Gasteiger partial charge on any atom is 0.0599 e. The molecule has 2 N–H and O–H groups in total. The zero-order valence-corrected chi connectivity index (χ0v) is 9.66. The topological polar surface area (TPSA) is 35.5 Å². The number of aliphatic hydroxyl groups excluding tert-OH is 1. The van der Waals surface area contributed by atoms with Crippen molar-refractivity contribution in [1.82, 2.24) is 10.2 Å². The van der Waals surface area contributed by atoms with Crippen LogP contribution in [0, 0.1) is 11.8 Å². The molecule has 3 heteroatoms. The number of hydrogen-bond donors (Lipinski definition) is 2. The van der Waals surface area contributed by atoms with Gasteiger partial charge in [-0.2, -0.15) is 0 Å². The van der Waals surface area contributed by atoms with Crippen LogP contribution in [0.5, 0.6) is 0 Å². The van der Waals surface area contributed by atoms with Crippen LogP contribution in [0.25, 0.3) is 0 Å². The molecule has 0 saturated carbocycles. The summed E-state index contributed by atoms with van der Waals surface area (Å²) in [4.78, 5) is 2.43. The maximum absolute atomic E-state index is 9.30. The van der Waals surface area contributed by atoms with Crippen molar-refractivity contribution in [2.45, 2.75) is 26.8 Å². The lowest BCUT2D eigenvalue weighted by atomic mass is 10.1. The van der Waals surface area contributed by atoms with Crippen molar-refractivity contribution in [2.75, 3.05) is 32.8 Å². The lowest BCUT2D eigenvalue weighted by Gasteiger charge is -2.30. The molecule has 1 heterocycles. The smallest absolute Gasteiger partial charge is 0.0599 e. The molecule has 0 amide bonds. The molecule has 1 aliphatic heterocycles. The van der Waals surface area contributed by atoms with Gasteiger partial charge in [-0.15, -0.1) is 0 Å². The molecule has 84 valence electrons. The normalized spacial score (nSPS) is 30.6. The van der Waals surface area contributed by atoms with Gasteiger partial charge in [0.2, 0.25) is 0 Å². The lowest BCUT2D eigenvalue weighted by molar-refractivity contribution is 0.113. The van der Waals surface area contributed by atoms with Crippen LogP contribution < -0.4 is 5.32 Å². The molecule has 0 aromatic rings. The molecule has 1 saturated heterocycles. The summed E-state index contributed by atoms with van der Waals surface area (Å²) in [5.74, 6) is 1.36. The molecular formula is C11H24N2O. The van der Waals surface area contributed by atoms with E-state index in [-0.39, 0.29) is 6.61 Å². The number of rotatable bonds is 3. The SMILES string of the molecule is CC(C)CN1CC(C)CNCC1CO. The second kappa shape index (κ2) is 5.69. The Morgan fingerprint density at radius 3 is 2.71 bits per heavy atom. The standard InChI is InChI=1S/C11H24N2O/c1-9(2)6-13-7-10(3)4-12-5-11(13)8-14/h9-12,14H,4-8H2,1-3H3. The summed E-state index contributed by atoms with van der Waals surface area (Å²) in [6, 6.07) is 0.308. The minimum absolute atomic E-state index is 0.270. The molecule has 0 aliphatic carbocycles. The molecular weight excluding hydrogens is 176 g/mol. The van der Waals surface area contributed by atoms with Crippen LogP contribution in [0.15, 0.2) is 0 Å². The molecule has 3 nitrogen and oxygen atoms in total. The molecule has 1 rings (SSSR count). The van der Waals surface area contributed by atoms with Crippen molar-refractivity contribution in [3.05, 3.63) is 0 Å². The summed E-state index contributed by atoms with van der Waals surface area (Å²) in [5.41, 5.74) is 0. The van der Waals surface area contributed by atoms with Gasteiger partial charge in [-0.25, -0.2) is 0 Å². The van der Waals surface area contributed by atoms with Crippen molar-refractivity contribution >= 4 is 0 Å². The maximum atomic E-state index is 9.30. The van der Waals surface area contributed by atoms with Gasteiger partial charge >= 0.3 is 0 Å². The van der Waals surface area contributed by atoms with Crippen molar-refractivity contribution in [1.29, 1.82) is 0 Å². The predicted molar refractivity (Wildman–Crippen MR) is 59.3 cm³/mol. The molecule has 2 unspecified atom stereocenters. The lowest BCUT2D eigenvalue weighted by Crippen LogP contribution is -2.44. The van der Waals surface area contributed by atoms with E-state index in [1.54, 1.807) is 0 Å². The highest BCUT2D eigenvalue weighted by molar-refractivity contribution is 4.80. The van der Waals surface area contributed by atoms with Gasteiger partial charge in [-0.3, -0.25) is 4.90 Å². The third-order valence-electron chi connectivity index (χ3n) is 2.75. The molecule has 0 radical (unpaired) electrons. The third kappa shape index (κ3) is 3.56. The van der Waals surface area contributed by atoms with Gasteiger partial charge in [-0.1, -0.05) is 20.8 Å². The Bertz CT molecular complexity index is 161. The van der Waals surface area contributed by atoms with Gasteiger partial charge in [0.25, 0.3) is 0 Å². The van der Waals surface area contributed by atoms with Crippen molar-refractivity contribution in [3.63, 3.8) is 0 Å². The number of nitrogens with zero attached hydrogens (tertiary/aromatic N) is 1. The van der Waals surface area contributed by atoms with Crippen LogP contribution >= 0.6 is 0 Å². The Morgan fingerprint density at radius 2 is 2.14 bits per heavy atom. The van der Waals surface area contributed by atoms with Crippen LogP contribution in [-0.4, -0.2) is 48.8 Å². The molecule has 0 bridgehead atoms. The van der Waals surface area contributed by atoms with E-state index < -0.39 is 0 Å². The van der Waals surface area contributed by atoms with Crippen molar-refractivity contribution in [3.8, 4) is 0 Å². The van der Waals surface area contributed by atoms with Gasteiger partial charge in [0.15, 0.2) is 0 Å². The highest BCUT2D eigenvalue weighted by atomic mass is 16.3. The van der Waals surface area contributed by atoms with Crippen LogP contribution in [-0.2, 0) is 0 Å². The fraction of sp³-hybridized carbons (Fsp3) is 1.00. The Kier molecular flexibility index (Phi) is 4.85. The van der Waals surface area contributed by atoms with E-state index in [4.69, 9.17) is 0 Å². The minimum Gasteiger partial charge on any atom is -0.395 e. The first-order valence-electron chi connectivity index (χ1n) is 5.69. The fourth-order valence-corrected chi connectivity index (χ4v) is 2.11. The largest absolute Gasteiger partial charge is 0.395 e. The van der Waals surface area contributed by atoms with Gasteiger partial charge in [0, 0.05) is 25.7 Å². The zero-order chi connectivity index (χ0) is 10.6. The molecule has 0 spiro atoms. The highest BCUT2D eigenvalue weighted by Gasteiger charge is 2.23. The second-order valence-electron chi connectivity index (χ2n) is 4.95. The monoisotopic (exact) mass is 200 g/mol. The number of nitrogens with one attached hydrogen (secondary N) is 1. The van der Waals surface area contributed by atoms with E-state index >= 15 is 0 Å². The number of hydrogen-bond acceptors (Lipinski definition) is 3. The predicted octanol–water partition coefficient (Wildman–Crippen LogP) is 0.545. The summed E-state index contributed by atoms with van der Waals surface area (Å²) in [6.45, 7) is 11.2. The zero-order valence-electron chi connectivity index (χ0n) is 9.66. The van der Waals surface area contributed by atoms with E-state index in [1.165, 1.54) is 0 Å². The molecule has 0 aromatic heterocycles. The van der Waals surface area contributed by atoms with E-state index in [0.29, 0.717) is 17.9 Å². The van der Waals surface area contributed by atoms with E-state index in [1.807, 2.05) is 0 Å². The second-order valence-corrected chi connectivity index (χ2v) is 4.95. The van der Waals surface area contributed by atoms with Crippen LogP contribution in [0.3, 0.4) is 0 Å². The first-order chi connectivity index (χ1) is 6.63. The van der Waals surface area contributed by atoms with Gasteiger partial charge in [0.05, 0.1) is 6.61 Å². The van der Waals surface area contributed by atoms with Gasteiger partial charge in [0.1, 0.15) is 0 Å². The summed E-state index contributed by atoms with van der Waals surface area (Å²) in [5, 5.41) is 12.7. The highest BCUT2D eigenvalue weighted by Crippen LogP contribution is 2.10. The van der Waals surface area contributed by atoms with Crippen LogP contribution in [0.1, 0.15) is 20.8 Å². The van der Waals surface area contributed by atoms with E-state index in [2.05, 4.69) is 31.0 Å². The summed E-state index contributed by atoms with van der Waals surface area (Å²) in [6.07, 6.45) is 0. The summed E-state index contributed by atoms with van der Waals surface area (Å²) in [7, 11) is 0. The molecule has 2 atom stereocenters. The Labute approximate surface area is 87.5 Å². The quantitative estimate of drug-likeness (QED) is 0.698. The minimum atomic E-state index is 0.270. The van der Waals surface area contributed by atoms with Gasteiger partial charge < -0.3 is 10.4 Å². The first-order valence-corrected chi connectivity index (χ1v) is 5.69. The average molecular weight is 200 g/mol. The third-order valence-corrected chi connectivity index (χ3v) is 2.75. The van der Waals surface area contributed by atoms with E-state index in [0.717, 1.165) is 26.2 Å². The Morgan fingerprint density at radius 1 is 1.43 bits per heavy atom. The Hall–Kier alpha value is -0.120. The fourth-order valence-electron chi connectivity index (χ4n) is 2.11. The first kappa shape index (κ1) is 12.0.